The Morgan fingerprint density at radius 3 is 2.38 bits per heavy atom. The minimum absolute atomic E-state index is 0.235. The third-order valence-electron chi connectivity index (χ3n) is 5.27. The van der Waals surface area contributed by atoms with E-state index in [1.165, 1.54) is 50.5 Å². The first-order valence-electron chi connectivity index (χ1n) is 9.18. The Hall–Kier alpha value is -2.10. The predicted molar refractivity (Wildman–Crippen MR) is 93.8 cm³/mol. The number of hydrogen-bond donors (Lipinski definition) is 0. The van der Waals surface area contributed by atoms with Gasteiger partial charge in [0.15, 0.2) is 0 Å². The van der Waals surface area contributed by atoms with Crippen LogP contribution in [-0.2, 0) is 6.54 Å². The lowest BCUT2D eigenvalue weighted by Crippen LogP contribution is -2.43. The van der Waals surface area contributed by atoms with Gasteiger partial charge in [0.25, 0.3) is 5.91 Å². The third-order valence-corrected chi connectivity index (χ3v) is 5.27. The summed E-state index contributed by atoms with van der Waals surface area (Å²) in [6.45, 7) is 0.795. The largest absolute Gasteiger partial charge is 0.333 e. The highest BCUT2D eigenvalue weighted by Gasteiger charge is 2.37. The van der Waals surface area contributed by atoms with Crippen LogP contribution in [-0.4, -0.2) is 32.4 Å². The van der Waals surface area contributed by atoms with E-state index >= 15 is 0 Å². The van der Waals surface area contributed by atoms with E-state index in [4.69, 9.17) is 0 Å². The lowest BCUT2D eigenvalue weighted by molar-refractivity contribution is 0.0614. The highest BCUT2D eigenvalue weighted by Crippen LogP contribution is 2.34. The Balaban J connectivity index is 1.48. The molecule has 1 heterocycles. The lowest BCUT2D eigenvalue weighted by Gasteiger charge is -2.34. The minimum atomic E-state index is 0.235. The van der Waals surface area contributed by atoms with Crippen LogP contribution in [0.3, 0.4) is 0 Å². The first-order valence-corrected chi connectivity index (χ1v) is 9.18. The maximum Gasteiger partial charge on any atom is 0.254 e. The minimum Gasteiger partial charge on any atom is -0.333 e. The number of amides is 1. The number of benzene rings is 1. The van der Waals surface area contributed by atoms with Gasteiger partial charge in [-0.1, -0.05) is 31.4 Å². The highest BCUT2D eigenvalue weighted by atomic mass is 16.2. The molecule has 2 aliphatic rings. The van der Waals surface area contributed by atoms with E-state index in [2.05, 4.69) is 22.0 Å². The first-order chi connectivity index (χ1) is 11.8. The van der Waals surface area contributed by atoms with Crippen molar-refractivity contribution in [2.24, 2.45) is 0 Å². The second kappa shape index (κ2) is 6.80. The van der Waals surface area contributed by atoms with Crippen LogP contribution in [0.15, 0.2) is 43.0 Å². The van der Waals surface area contributed by atoms with Gasteiger partial charge < -0.3 is 9.47 Å². The average Bonchev–Trinajstić information content (AvgIpc) is 3.32. The molecule has 0 spiro atoms. The van der Waals surface area contributed by atoms with Crippen molar-refractivity contribution in [3.63, 3.8) is 0 Å². The van der Waals surface area contributed by atoms with Crippen LogP contribution in [0.2, 0.25) is 0 Å². The van der Waals surface area contributed by atoms with Gasteiger partial charge in [-0.2, -0.15) is 0 Å². The standard InChI is InChI=1S/C20H25N3O/c24-20(23(19-10-11-19)18-4-2-1-3-5-18)17-8-6-16(7-9-17)14-22-13-12-21-15-22/h6-9,12-13,15,18-19H,1-5,10-11,14H2. The van der Waals surface area contributed by atoms with Gasteiger partial charge in [-0.05, 0) is 43.4 Å². The van der Waals surface area contributed by atoms with Crippen molar-refractivity contribution in [3.8, 4) is 0 Å². The molecule has 4 rings (SSSR count). The Kier molecular flexibility index (Phi) is 4.37. The molecule has 24 heavy (non-hydrogen) atoms. The maximum absolute atomic E-state index is 13.1. The monoisotopic (exact) mass is 323 g/mol. The van der Waals surface area contributed by atoms with Crippen molar-refractivity contribution in [3.05, 3.63) is 54.1 Å². The van der Waals surface area contributed by atoms with Crippen molar-refractivity contribution < 1.29 is 4.79 Å². The van der Waals surface area contributed by atoms with E-state index < -0.39 is 0 Å². The van der Waals surface area contributed by atoms with Gasteiger partial charge in [0, 0.05) is 36.6 Å². The molecule has 2 fully saturated rings. The molecule has 0 saturated heterocycles. The van der Waals surface area contributed by atoms with Crippen LogP contribution < -0.4 is 0 Å². The summed E-state index contributed by atoms with van der Waals surface area (Å²) < 4.78 is 2.04. The van der Waals surface area contributed by atoms with Gasteiger partial charge in [0.2, 0.25) is 0 Å². The molecule has 0 bridgehead atoms. The summed E-state index contributed by atoms with van der Waals surface area (Å²) in [7, 11) is 0. The van der Waals surface area contributed by atoms with Crippen molar-refractivity contribution in [1.82, 2.24) is 14.5 Å². The normalized spacial score (nSPS) is 18.5. The number of nitrogens with zero attached hydrogens (tertiary/aromatic N) is 3. The van der Waals surface area contributed by atoms with Crippen LogP contribution in [0.5, 0.6) is 0 Å². The van der Waals surface area contributed by atoms with Gasteiger partial charge >= 0.3 is 0 Å². The Morgan fingerprint density at radius 2 is 1.75 bits per heavy atom. The van der Waals surface area contributed by atoms with Gasteiger partial charge in [-0.3, -0.25) is 4.79 Å². The molecule has 1 amide bonds. The summed E-state index contributed by atoms with van der Waals surface area (Å²) in [5.74, 6) is 0.235. The molecule has 4 heteroatoms. The number of carbonyl (C=O) groups is 1. The van der Waals surface area contributed by atoms with E-state index in [9.17, 15) is 4.79 Å². The average molecular weight is 323 g/mol. The van der Waals surface area contributed by atoms with Crippen molar-refractivity contribution >= 4 is 5.91 Å². The molecule has 2 saturated carbocycles. The topological polar surface area (TPSA) is 38.1 Å². The Bertz CT molecular complexity index is 667. The summed E-state index contributed by atoms with van der Waals surface area (Å²) in [6, 6.07) is 9.08. The third kappa shape index (κ3) is 3.37. The van der Waals surface area contributed by atoms with Crippen LogP contribution in [0.4, 0.5) is 0 Å². The Morgan fingerprint density at radius 1 is 1.04 bits per heavy atom. The number of hydrogen-bond acceptors (Lipinski definition) is 2. The second-order valence-electron chi connectivity index (χ2n) is 7.17. The summed E-state index contributed by atoms with van der Waals surface area (Å²) in [5, 5.41) is 0. The van der Waals surface area contributed by atoms with E-state index in [0.717, 1.165) is 12.1 Å². The summed E-state index contributed by atoms with van der Waals surface area (Å²) in [6.07, 6.45) is 14.1. The molecule has 0 atom stereocenters. The molecule has 4 nitrogen and oxygen atoms in total. The number of imidazole rings is 1. The van der Waals surface area contributed by atoms with E-state index in [1.807, 2.05) is 29.2 Å². The molecular weight excluding hydrogens is 298 g/mol. The summed E-state index contributed by atoms with van der Waals surface area (Å²) in [5.41, 5.74) is 2.03. The molecule has 0 unspecified atom stereocenters. The van der Waals surface area contributed by atoms with Gasteiger partial charge in [-0.15, -0.1) is 0 Å². The van der Waals surface area contributed by atoms with Crippen LogP contribution in [0.1, 0.15) is 60.9 Å². The molecule has 1 aromatic carbocycles. The van der Waals surface area contributed by atoms with Gasteiger partial charge in [0.05, 0.1) is 6.33 Å². The summed E-state index contributed by atoms with van der Waals surface area (Å²) in [4.78, 5) is 19.3. The van der Waals surface area contributed by atoms with Crippen molar-refractivity contribution in [2.75, 3.05) is 0 Å². The molecule has 126 valence electrons. The lowest BCUT2D eigenvalue weighted by atomic mass is 9.93. The van der Waals surface area contributed by atoms with Crippen molar-refractivity contribution in [1.29, 1.82) is 0 Å². The number of rotatable bonds is 5. The molecule has 0 radical (unpaired) electrons. The Labute approximate surface area is 143 Å². The molecule has 1 aromatic heterocycles. The van der Waals surface area contributed by atoms with Gasteiger partial charge in [-0.25, -0.2) is 4.98 Å². The van der Waals surface area contributed by atoms with Gasteiger partial charge in [0.1, 0.15) is 0 Å². The fourth-order valence-corrected chi connectivity index (χ4v) is 3.83. The zero-order chi connectivity index (χ0) is 16.4. The van der Waals surface area contributed by atoms with E-state index in [0.29, 0.717) is 12.1 Å². The number of carbonyl (C=O) groups excluding carboxylic acids is 1. The quantitative estimate of drug-likeness (QED) is 0.838. The highest BCUT2D eigenvalue weighted by molar-refractivity contribution is 5.94. The zero-order valence-electron chi connectivity index (χ0n) is 14.1. The number of aromatic nitrogens is 2. The van der Waals surface area contributed by atoms with Crippen LogP contribution in [0.25, 0.3) is 0 Å². The smallest absolute Gasteiger partial charge is 0.254 e. The molecule has 0 N–H and O–H groups in total. The predicted octanol–water partition coefficient (Wildman–Crippen LogP) is 3.87. The zero-order valence-corrected chi connectivity index (χ0v) is 14.1. The molecular formula is C20H25N3O. The molecule has 0 aliphatic heterocycles. The van der Waals surface area contributed by atoms with Crippen molar-refractivity contribution in [2.45, 2.75) is 63.6 Å². The fraction of sp³-hybridized carbons (Fsp3) is 0.500. The maximum atomic E-state index is 13.1. The molecule has 2 aliphatic carbocycles. The van der Waals surface area contributed by atoms with E-state index in [1.54, 1.807) is 6.20 Å². The van der Waals surface area contributed by atoms with Crippen LogP contribution in [0, 0.1) is 0 Å². The SMILES string of the molecule is O=C(c1ccc(Cn2ccnc2)cc1)N(C1CCCCC1)C1CC1. The first kappa shape index (κ1) is 15.4. The molecule has 2 aromatic rings. The van der Waals surface area contributed by atoms with Crippen LogP contribution >= 0.6 is 0 Å². The van der Waals surface area contributed by atoms with E-state index in [-0.39, 0.29) is 5.91 Å². The summed E-state index contributed by atoms with van der Waals surface area (Å²) >= 11 is 0. The fourth-order valence-electron chi connectivity index (χ4n) is 3.83. The second-order valence-corrected chi connectivity index (χ2v) is 7.17.